The largest absolute Gasteiger partial charge is 0.490 e. The molecule has 3 heterocycles. The van der Waals surface area contributed by atoms with Gasteiger partial charge < -0.3 is 15.0 Å². The van der Waals surface area contributed by atoms with E-state index in [1.807, 2.05) is 12.1 Å². The van der Waals surface area contributed by atoms with E-state index in [0.717, 1.165) is 10.6 Å². The fraction of sp³-hybridized carbons (Fsp3) is 0.304. The summed E-state index contributed by atoms with van der Waals surface area (Å²) in [4.78, 5) is 47.7. The van der Waals surface area contributed by atoms with E-state index >= 15 is 0 Å². The van der Waals surface area contributed by atoms with Gasteiger partial charge in [0, 0.05) is 42.8 Å². The van der Waals surface area contributed by atoms with E-state index in [2.05, 4.69) is 15.3 Å². The number of carbonyl (C=O) groups excluding carboxylic acids is 2. The van der Waals surface area contributed by atoms with Crippen LogP contribution in [0.1, 0.15) is 28.2 Å². The van der Waals surface area contributed by atoms with E-state index in [1.165, 1.54) is 30.6 Å². The number of aromatic nitrogens is 2. The summed E-state index contributed by atoms with van der Waals surface area (Å²) < 4.78 is 5.00. The summed E-state index contributed by atoms with van der Waals surface area (Å²) in [5.41, 5.74) is 1.57. The van der Waals surface area contributed by atoms with Crippen LogP contribution in [-0.4, -0.2) is 51.8 Å². The number of pyridine rings is 1. The second-order valence-corrected chi connectivity index (χ2v) is 8.90. The highest BCUT2D eigenvalue weighted by Gasteiger charge is 2.31. The van der Waals surface area contributed by atoms with Crippen LogP contribution in [0, 0.1) is 23.0 Å². The van der Waals surface area contributed by atoms with Gasteiger partial charge in [-0.1, -0.05) is 0 Å². The maximum Gasteiger partial charge on any atom is 0.312 e. The van der Waals surface area contributed by atoms with Crippen LogP contribution in [0.5, 0.6) is 5.75 Å². The lowest BCUT2D eigenvalue weighted by molar-refractivity contribution is -0.385. The van der Waals surface area contributed by atoms with Gasteiger partial charge in [0.15, 0.2) is 5.75 Å². The number of nitrogens with zero attached hydrogens (tertiary/aromatic N) is 4. The highest BCUT2D eigenvalue weighted by molar-refractivity contribution is 7.17. The van der Waals surface area contributed by atoms with Gasteiger partial charge in [0.2, 0.25) is 5.91 Å². The zero-order valence-corrected chi connectivity index (χ0v) is 19.5. The van der Waals surface area contributed by atoms with E-state index in [-0.39, 0.29) is 29.8 Å². The maximum atomic E-state index is 13.2. The van der Waals surface area contributed by atoms with E-state index < -0.39 is 10.8 Å². The Kier molecular flexibility index (Phi) is 6.82. The zero-order chi connectivity index (χ0) is 24.2. The molecule has 0 radical (unpaired) electrons. The van der Waals surface area contributed by atoms with Crippen molar-refractivity contribution in [1.82, 2.24) is 14.9 Å². The number of nitrogens with one attached hydrogen (secondary N) is 1. The number of anilines is 1. The molecule has 2 amide bonds. The van der Waals surface area contributed by atoms with Crippen molar-refractivity contribution in [1.29, 1.82) is 0 Å². The molecule has 2 aromatic heterocycles. The number of methoxy groups -OCH3 is 1. The van der Waals surface area contributed by atoms with Gasteiger partial charge in [-0.25, -0.2) is 4.98 Å². The molecule has 1 fully saturated rings. The van der Waals surface area contributed by atoms with Crippen LogP contribution in [-0.2, 0) is 4.79 Å². The number of nitro groups is 1. The number of aryl methyl sites for hydroxylation is 1. The predicted molar refractivity (Wildman–Crippen MR) is 127 cm³/mol. The molecular formula is C23H23N5O5S. The molecule has 10 nitrogen and oxygen atoms in total. The minimum Gasteiger partial charge on any atom is -0.490 e. The molecule has 4 rings (SSSR count). The standard InChI is InChI=1S/C23H23N5O5S/c1-14-20(34-22(25-14)15-5-3-9-24-12-15)23(30)27-10-4-6-16(13-27)21(29)26-17-7-8-19(33-2)18(11-17)28(31)32/h3,5,7-9,11-12,16H,4,6,10,13H2,1-2H3,(H,26,29). The third kappa shape index (κ3) is 4.88. The molecular weight excluding hydrogens is 458 g/mol. The van der Waals surface area contributed by atoms with Crippen LogP contribution in [0.3, 0.4) is 0 Å². The lowest BCUT2D eigenvalue weighted by atomic mass is 9.96. The van der Waals surface area contributed by atoms with Crippen molar-refractivity contribution in [2.75, 3.05) is 25.5 Å². The molecule has 1 atom stereocenters. The van der Waals surface area contributed by atoms with Crippen molar-refractivity contribution in [3.8, 4) is 16.3 Å². The minimum absolute atomic E-state index is 0.114. The summed E-state index contributed by atoms with van der Waals surface area (Å²) in [6.07, 6.45) is 4.69. The van der Waals surface area contributed by atoms with Crippen molar-refractivity contribution in [2.45, 2.75) is 19.8 Å². The number of thiazole rings is 1. The van der Waals surface area contributed by atoms with E-state index in [1.54, 1.807) is 30.3 Å². The van der Waals surface area contributed by atoms with Gasteiger partial charge in [0.25, 0.3) is 5.91 Å². The van der Waals surface area contributed by atoms with Gasteiger partial charge in [0.05, 0.1) is 23.6 Å². The second-order valence-electron chi connectivity index (χ2n) is 7.90. The summed E-state index contributed by atoms with van der Waals surface area (Å²) in [5, 5.41) is 14.7. The normalized spacial score (nSPS) is 15.6. The predicted octanol–water partition coefficient (Wildman–Crippen LogP) is 3.92. The first kappa shape index (κ1) is 23.3. The lowest BCUT2D eigenvalue weighted by Crippen LogP contribution is -2.43. The molecule has 1 aliphatic rings. The molecule has 0 saturated carbocycles. The molecule has 3 aromatic rings. The molecule has 1 N–H and O–H groups in total. The summed E-state index contributed by atoms with van der Waals surface area (Å²) in [5.74, 6) is -0.746. The number of benzene rings is 1. The third-order valence-corrected chi connectivity index (χ3v) is 6.82. The van der Waals surface area contributed by atoms with E-state index in [4.69, 9.17) is 4.74 Å². The van der Waals surface area contributed by atoms with E-state index in [9.17, 15) is 19.7 Å². The SMILES string of the molecule is COc1ccc(NC(=O)C2CCCN(C(=O)c3sc(-c4cccnc4)nc3C)C2)cc1[N+](=O)[O-]. The fourth-order valence-corrected chi connectivity index (χ4v) is 4.91. The molecule has 0 aliphatic carbocycles. The highest BCUT2D eigenvalue weighted by atomic mass is 32.1. The number of carbonyl (C=O) groups is 2. The first-order chi connectivity index (χ1) is 16.4. The first-order valence-corrected chi connectivity index (χ1v) is 11.5. The second kappa shape index (κ2) is 9.96. The quantitative estimate of drug-likeness (QED) is 0.417. The summed E-state index contributed by atoms with van der Waals surface area (Å²) in [6, 6.07) is 7.97. The number of ether oxygens (including phenoxy) is 1. The Morgan fingerprint density at radius 1 is 1.32 bits per heavy atom. The van der Waals surface area contributed by atoms with Gasteiger partial charge in [0.1, 0.15) is 9.88 Å². The number of piperidine rings is 1. The van der Waals surface area contributed by atoms with Crippen LogP contribution < -0.4 is 10.1 Å². The Hall–Kier alpha value is -3.86. The van der Waals surface area contributed by atoms with Crippen molar-refractivity contribution in [3.63, 3.8) is 0 Å². The Bertz CT molecular complexity index is 1230. The van der Waals surface area contributed by atoms with Gasteiger partial charge in [-0.15, -0.1) is 11.3 Å². The fourth-order valence-electron chi connectivity index (χ4n) is 3.88. The Labute approximate surface area is 199 Å². The average Bonchev–Trinajstić information content (AvgIpc) is 3.25. The first-order valence-electron chi connectivity index (χ1n) is 10.7. The van der Waals surface area contributed by atoms with Gasteiger partial charge in [-0.3, -0.25) is 24.7 Å². The molecule has 34 heavy (non-hydrogen) atoms. The number of nitro benzene ring substituents is 1. The van der Waals surface area contributed by atoms with E-state index in [0.29, 0.717) is 35.6 Å². The number of likely N-dealkylation sites (tertiary alicyclic amines) is 1. The lowest BCUT2D eigenvalue weighted by Gasteiger charge is -2.31. The van der Waals surface area contributed by atoms with Crippen LogP contribution in [0.25, 0.3) is 10.6 Å². The van der Waals surface area contributed by atoms with Crippen LogP contribution in [0.2, 0.25) is 0 Å². The number of hydrogen-bond donors (Lipinski definition) is 1. The van der Waals surface area contributed by atoms with Crippen molar-refractivity contribution < 1.29 is 19.2 Å². The van der Waals surface area contributed by atoms with Crippen LogP contribution in [0.15, 0.2) is 42.7 Å². The maximum absolute atomic E-state index is 13.2. The molecule has 1 aliphatic heterocycles. The highest BCUT2D eigenvalue weighted by Crippen LogP contribution is 2.31. The number of hydrogen-bond acceptors (Lipinski definition) is 8. The third-order valence-electron chi connectivity index (χ3n) is 5.62. The molecule has 0 spiro atoms. The van der Waals surface area contributed by atoms with Crippen LogP contribution in [0.4, 0.5) is 11.4 Å². The summed E-state index contributed by atoms with van der Waals surface area (Å²) >= 11 is 1.32. The van der Waals surface area contributed by atoms with Crippen molar-refractivity contribution in [3.05, 3.63) is 63.4 Å². The average molecular weight is 482 g/mol. The number of amides is 2. The van der Waals surface area contributed by atoms with Crippen molar-refractivity contribution >= 4 is 34.5 Å². The molecule has 11 heteroatoms. The molecule has 1 saturated heterocycles. The Morgan fingerprint density at radius 2 is 2.15 bits per heavy atom. The Morgan fingerprint density at radius 3 is 2.85 bits per heavy atom. The molecule has 1 aromatic carbocycles. The molecule has 176 valence electrons. The van der Waals surface area contributed by atoms with Gasteiger partial charge in [-0.05, 0) is 44.0 Å². The monoisotopic (exact) mass is 481 g/mol. The minimum atomic E-state index is -0.563. The molecule has 1 unspecified atom stereocenters. The molecule has 0 bridgehead atoms. The smallest absolute Gasteiger partial charge is 0.312 e. The topological polar surface area (TPSA) is 128 Å². The number of rotatable bonds is 6. The zero-order valence-electron chi connectivity index (χ0n) is 18.7. The van der Waals surface area contributed by atoms with Crippen molar-refractivity contribution in [2.24, 2.45) is 5.92 Å². The van der Waals surface area contributed by atoms with Gasteiger partial charge >= 0.3 is 5.69 Å². The summed E-state index contributed by atoms with van der Waals surface area (Å²) in [7, 11) is 1.35. The van der Waals surface area contributed by atoms with Crippen LogP contribution >= 0.6 is 11.3 Å². The Balaban J connectivity index is 1.46. The van der Waals surface area contributed by atoms with Gasteiger partial charge in [-0.2, -0.15) is 0 Å². The summed E-state index contributed by atoms with van der Waals surface area (Å²) in [6.45, 7) is 2.62.